The van der Waals surface area contributed by atoms with Gasteiger partial charge in [0.15, 0.2) is 0 Å². The van der Waals surface area contributed by atoms with Crippen molar-refractivity contribution in [2.75, 3.05) is 18.8 Å². The molecule has 0 aromatic heterocycles. The molecule has 1 aliphatic rings. The first-order valence-corrected chi connectivity index (χ1v) is 8.33. The molecule has 0 radical (unpaired) electrons. The zero-order chi connectivity index (χ0) is 15.4. The number of benzene rings is 1. The molecule has 114 valence electrons. The molecule has 1 aliphatic heterocycles. The highest BCUT2D eigenvalue weighted by atomic mass is 35.5. The van der Waals surface area contributed by atoms with Gasteiger partial charge in [0.1, 0.15) is 0 Å². The lowest BCUT2D eigenvalue weighted by atomic mass is 9.96. The van der Waals surface area contributed by atoms with E-state index < -0.39 is 5.97 Å². The van der Waals surface area contributed by atoms with Crippen LogP contribution in [0, 0.1) is 5.92 Å². The largest absolute Gasteiger partial charge is 0.481 e. The Hall–Kier alpha value is -1.20. The first-order valence-electron chi connectivity index (χ1n) is 6.97. The minimum atomic E-state index is -0.768. The van der Waals surface area contributed by atoms with E-state index in [-0.39, 0.29) is 11.8 Å². The number of carbonyl (C=O) groups excluding carboxylic acids is 1. The Kier molecular flexibility index (Phi) is 5.53. The monoisotopic (exact) mass is 327 g/mol. The quantitative estimate of drug-likeness (QED) is 0.861. The molecule has 0 spiro atoms. The van der Waals surface area contributed by atoms with Crippen LogP contribution in [-0.2, 0) is 4.79 Å². The van der Waals surface area contributed by atoms with Crippen molar-refractivity contribution in [2.45, 2.75) is 24.7 Å². The average molecular weight is 328 g/mol. The van der Waals surface area contributed by atoms with Crippen molar-refractivity contribution < 1.29 is 14.7 Å². The van der Waals surface area contributed by atoms with Crippen LogP contribution in [0.1, 0.15) is 30.1 Å². The Bertz CT molecular complexity index is 542. The van der Waals surface area contributed by atoms with E-state index >= 15 is 0 Å². The fourth-order valence-electron chi connectivity index (χ4n) is 2.45. The van der Waals surface area contributed by atoms with E-state index in [1.54, 1.807) is 28.8 Å². The van der Waals surface area contributed by atoms with Crippen molar-refractivity contribution in [3.63, 3.8) is 0 Å². The number of carboxylic acid groups (broad SMARTS) is 1. The van der Waals surface area contributed by atoms with Gasteiger partial charge in [0.25, 0.3) is 5.91 Å². The topological polar surface area (TPSA) is 57.6 Å². The molecule has 6 heteroatoms. The fourth-order valence-corrected chi connectivity index (χ4v) is 3.52. The van der Waals surface area contributed by atoms with Gasteiger partial charge in [-0.3, -0.25) is 9.59 Å². The van der Waals surface area contributed by atoms with Crippen LogP contribution in [0.4, 0.5) is 0 Å². The highest BCUT2D eigenvalue weighted by Crippen LogP contribution is 2.28. The molecule has 1 aromatic rings. The number of carbonyl (C=O) groups is 2. The zero-order valence-electron chi connectivity index (χ0n) is 11.8. The van der Waals surface area contributed by atoms with Crippen molar-refractivity contribution in [3.05, 3.63) is 28.8 Å². The van der Waals surface area contributed by atoms with Gasteiger partial charge in [0, 0.05) is 23.0 Å². The Morgan fingerprint density at radius 3 is 2.62 bits per heavy atom. The van der Waals surface area contributed by atoms with E-state index in [4.69, 9.17) is 16.7 Å². The summed E-state index contributed by atoms with van der Waals surface area (Å²) in [6.45, 7) is 3.02. The third-order valence-electron chi connectivity index (χ3n) is 3.61. The highest BCUT2D eigenvalue weighted by Gasteiger charge is 2.28. The van der Waals surface area contributed by atoms with Crippen LogP contribution in [-0.4, -0.2) is 40.7 Å². The number of piperidine rings is 1. The summed E-state index contributed by atoms with van der Waals surface area (Å²) < 4.78 is 0. The summed E-state index contributed by atoms with van der Waals surface area (Å²) in [6.07, 6.45) is 1.04. The second-order valence-electron chi connectivity index (χ2n) is 4.98. The number of hydrogen-bond acceptors (Lipinski definition) is 3. The standard InChI is InChI=1S/C15H18ClNO3S/c1-2-21-13-9-11(16)3-4-12(13)14(18)17-7-5-10(6-8-17)15(19)20/h3-4,9-10H,2,5-8H2,1H3,(H,19,20). The molecule has 1 heterocycles. The van der Waals surface area contributed by atoms with E-state index in [0.29, 0.717) is 36.5 Å². The third kappa shape index (κ3) is 3.92. The number of aliphatic carboxylic acids is 1. The first kappa shape index (κ1) is 16.2. The number of halogens is 1. The molecule has 1 saturated heterocycles. The van der Waals surface area contributed by atoms with Crippen molar-refractivity contribution in [1.82, 2.24) is 4.90 Å². The van der Waals surface area contributed by atoms with Crippen LogP contribution in [0.25, 0.3) is 0 Å². The number of thioether (sulfide) groups is 1. The predicted octanol–water partition coefficient (Wildman–Crippen LogP) is 3.39. The third-order valence-corrected chi connectivity index (χ3v) is 4.78. The normalized spacial score (nSPS) is 16.0. The summed E-state index contributed by atoms with van der Waals surface area (Å²) in [4.78, 5) is 26.2. The molecule has 0 atom stereocenters. The van der Waals surface area contributed by atoms with E-state index in [0.717, 1.165) is 10.6 Å². The molecule has 1 aromatic carbocycles. The molecule has 4 nitrogen and oxygen atoms in total. The van der Waals surface area contributed by atoms with E-state index in [9.17, 15) is 9.59 Å². The van der Waals surface area contributed by atoms with Gasteiger partial charge >= 0.3 is 5.97 Å². The SMILES string of the molecule is CCSc1cc(Cl)ccc1C(=O)N1CCC(C(=O)O)CC1. The van der Waals surface area contributed by atoms with Crippen LogP contribution in [0.15, 0.2) is 23.1 Å². The van der Waals surface area contributed by atoms with Crippen LogP contribution < -0.4 is 0 Å². The number of carboxylic acids is 1. The lowest BCUT2D eigenvalue weighted by Crippen LogP contribution is -2.40. The van der Waals surface area contributed by atoms with Gasteiger partial charge in [0.2, 0.25) is 0 Å². The van der Waals surface area contributed by atoms with Gasteiger partial charge in [0.05, 0.1) is 11.5 Å². The molecule has 0 unspecified atom stereocenters. The lowest BCUT2D eigenvalue weighted by Gasteiger charge is -2.30. The minimum absolute atomic E-state index is 0.0357. The second-order valence-corrected chi connectivity index (χ2v) is 6.72. The molecular formula is C15H18ClNO3S. The van der Waals surface area contributed by atoms with Gasteiger partial charge in [-0.2, -0.15) is 0 Å². The molecule has 0 bridgehead atoms. The summed E-state index contributed by atoms with van der Waals surface area (Å²) in [5.41, 5.74) is 0.653. The molecular weight excluding hydrogens is 310 g/mol. The van der Waals surface area contributed by atoms with Crippen LogP contribution in [0.3, 0.4) is 0 Å². The summed E-state index contributed by atoms with van der Waals surface area (Å²) in [5.74, 6) is -0.270. The molecule has 1 N–H and O–H groups in total. The van der Waals surface area contributed by atoms with E-state index in [1.807, 2.05) is 13.0 Å². The molecule has 21 heavy (non-hydrogen) atoms. The van der Waals surface area contributed by atoms with Crippen molar-refractivity contribution >= 4 is 35.2 Å². The number of hydrogen-bond donors (Lipinski definition) is 1. The maximum absolute atomic E-state index is 12.6. The van der Waals surface area contributed by atoms with Crippen LogP contribution in [0.2, 0.25) is 5.02 Å². The number of likely N-dealkylation sites (tertiary alicyclic amines) is 1. The summed E-state index contributed by atoms with van der Waals surface area (Å²) in [6, 6.07) is 5.29. The molecule has 1 amide bonds. The van der Waals surface area contributed by atoms with Crippen molar-refractivity contribution in [3.8, 4) is 0 Å². The molecule has 0 aliphatic carbocycles. The van der Waals surface area contributed by atoms with Crippen molar-refractivity contribution in [1.29, 1.82) is 0 Å². The van der Waals surface area contributed by atoms with Crippen LogP contribution >= 0.6 is 23.4 Å². The Balaban J connectivity index is 2.12. The molecule has 1 fully saturated rings. The summed E-state index contributed by atoms with van der Waals surface area (Å²) in [7, 11) is 0. The molecule has 0 saturated carbocycles. The first-order chi connectivity index (χ1) is 10.0. The minimum Gasteiger partial charge on any atom is -0.481 e. The Morgan fingerprint density at radius 1 is 1.38 bits per heavy atom. The number of nitrogens with zero attached hydrogens (tertiary/aromatic N) is 1. The lowest BCUT2D eigenvalue weighted by molar-refractivity contribution is -0.143. The maximum Gasteiger partial charge on any atom is 0.306 e. The van der Waals surface area contributed by atoms with E-state index in [2.05, 4.69) is 0 Å². The Labute approximate surface area is 133 Å². The van der Waals surface area contributed by atoms with Gasteiger partial charge in [-0.25, -0.2) is 0 Å². The Morgan fingerprint density at radius 2 is 2.05 bits per heavy atom. The summed E-state index contributed by atoms with van der Waals surface area (Å²) >= 11 is 7.58. The smallest absolute Gasteiger partial charge is 0.306 e. The predicted molar refractivity (Wildman–Crippen MR) is 84.1 cm³/mol. The summed E-state index contributed by atoms with van der Waals surface area (Å²) in [5, 5.41) is 9.62. The highest BCUT2D eigenvalue weighted by molar-refractivity contribution is 7.99. The van der Waals surface area contributed by atoms with Crippen LogP contribution in [0.5, 0.6) is 0 Å². The second kappa shape index (κ2) is 7.18. The van der Waals surface area contributed by atoms with Crippen molar-refractivity contribution in [2.24, 2.45) is 5.92 Å². The van der Waals surface area contributed by atoms with Gasteiger partial charge in [-0.1, -0.05) is 18.5 Å². The van der Waals surface area contributed by atoms with Gasteiger partial charge in [-0.15, -0.1) is 11.8 Å². The fraction of sp³-hybridized carbons (Fsp3) is 0.467. The number of rotatable bonds is 4. The average Bonchev–Trinajstić information content (AvgIpc) is 2.47. The number of amides is 1. The van der Waals surface area contributed by atoms with Gasteiger partial charge < -0.3 is 10.0 Å². The van der Waals surface area contributed by atoms with Gasteiger partial charge in [-0.05, 0) is 36.8 Å². The zero-order valence-corrected chi connectivity index (χ0v) is 13.4. The van der Waals surface area contributed by atoms with E-state index in [1.165, 1.54) is 0 Å². The maximum atomic E-state index is 12.6. The molecule has 2 rings (SSSR count).